The molecule has 0 aliphatic carbocycles. The molecular formula is C17H19NO2. The number of hydrogen-bond acceptors (Lipinski definition) is 3. The molecule has 0 fully saturated rings. The number of nitrogens with zero attached hydrogens (tertiary/aromatic N) is 1. The maximum Gasteiger partial charge on any atom is 0.120 e. The van der Waals surface area contributed by atoms with Crippen LogP contribution in [0.15, 0.2) is 53.7 Å². The Morgan fingerprint density at radius 1 is 0.900 bits per heavy atom. The predicted molar refractivity (Wildman–Crippen MR) is 80.3 cm³/mol. The molecule has 0 radical (unpaired) electrons. The van der Waals surface area contributed by atoms with E-state index in [9.17, 15) is 5.11 Å². The number of hydrogen-bond donors (Lipinski definition) is 2. The minimum Gasteiger partial charge on any atom is -0.411 e. The Labute approximate surface area is 119 Å². The Morgan fingerprint density at radius 3 is 1.65 bits per heavy atom. The molecule has 2 aromatic rings. The molecule has 3 nitrogen and oxygen atoms in total. The van der Waals surface area contributed by atoms with E-state index in [1.54, 1.807) is 0 Å². The van der Waals surface area contributed by atoms with Crippen molar-refractivity contribution in [3.05, 3.63) is 70.8 Å². The number of rotatable bonds is 4. The van der Waals surface area contributed by atoms with Crippen LogP contribution in [-0.2, 0) is 5.60 Å². The van der Waals surface area contributed by atoms with Crippen LogP contribution >= 0.6 is 0 Å². The molecule has 0 aromatic heterocycles. The van der Waals surface area contributed by atoms with Gasteiger partial charge in [-0.05, 0) is 25.0 Å². The number of aliphatic hydroxyl groups is 1. The van der Waals surface area contributed by atoms with E-state index in [1.165, 1.54) is 6.21 Å². The lowest BCUT2D eigenvalue weighted by Gasteiger charge is -2.28. The van der Waals surface area contributed by atoms with Crippen molar-refractivity contribution in [1.82, 2.24) is 0 Å². The molecule has 2 aromatic carbocycles. The molecule has 0 amide bonds. The van der Waals surface area contributed by atoms with Crippen LogP contribution in [-0.4, -0.2) is 16.5 Å². The molecule has 0 bridgehead atoms. The largest absolute Gasteiger partial charge is 0.411 e. The summed E-state index contributed by atoms with van der Waals surface area (Å²) in [7, 11) is 0. The van der Waals surface area contributed by atoms with Crippen molar-refractivity contribution in [2.24, 2.45) is 5.16 Å². The Kier molecular flexibility index (Phi) is 4.20. The lowest BCUT2D eigenvalue weighted by molar-refractivity contribution is 0.0892. The highest BCUT2D eigenvalue weighted by Gasteiger charge is 2.30. The van der Waals surface area contributed by atoms with E-state index in [0.717, 1.165) is 22.3 Å². The topological polar surface area (TPSA) is 52.8 Å². The molecule has 0 unspecified atom stereocenters. The molecule has 0 saturated heterocycles. The zero-order valence-electron chi connectivity index (χ0n) is 11.7. The number of oxime groups is 1. The minimum atomic E-state index is -1.19. The van der Waals surface area contributed by atoms with Gasteiger partial charge in [0.15, 0.2) is 0 Å². The summed E-state index contributed by atoms with van der Waals surface area (Å²) in [6, 6.07) is 15.5. The van der Waals surface area contributed by atoms with Crippen molar-refractivity contribution in [3.63, 3.8) is 0 Å². The quantitative estimate of drug-likeness (QED) is 0.508. The summed E-state index contributed by atoms with van der Waals surface area (Å²) in [4.78, 5) is 0. The predicted octanol–water partition coefficient (Wildman–Crippen LogP) is 3.39. The van der Waals surface area contributed by atoms with Crippen LogP contribution in [0.25, 0.3) is 0 Å². The third-order valence-electron chi connectivity index (χ3n) is 3.53. The summed E-state index contributed by atoms with van der Waals surface area (Å²) in [5.41, 5.74) is 2.65. The maximum absolute atomic E-state index is 11.1. The molecule has 3 heteroatoms. The van der Waals surface area contributed by atoms with Gasteiger partial charge in [0.05, 0.1) is 0 Å². The van der Waals surface area contributed by atoms with Gasteiger partial charge in [-0.15, -0.1) is 5.16 Å². The fraction of sp³-hybridized carbons (Fsp3) is 0.235. The third-order valence-corrected chi connectivity index (χ3v) is 3.53. The van der Waals surface area contributed by atoms with Crippen molar-refractivity contribution in [3.8, 4) is 0 Å². The van der Waals surface area contributed by atoms with Crippen LogP contribution in [0, 0.1) is 13.8 Å². The van der Waals surface area contributed by atoms with Gasteiger partial charge in [0.2, 0.25) is 0 Å². The third kappa shape index (κ3) is 2.89. The number of benzene rings is 2. The average Bonchev–Trinajstić information content (AvgIpc) is 2.46. The van der Waals surface area contributed by atoms with Crippen molar-refractivity contribution in [1.29, 1.82) is 0 Å². The van der Waals surface area contributed by atoms with Gasteiger partial charge in [-0.2, -0.15) is 0 Å². The summed E-state index contributed by atoms with van der Waals surface area (Å²) in [5, 5.41) is 22.8. The highest BCUT2D eigenvalue weighted by molar-refractivity contribution is 5.61. The Balaban J connectivity index is 2.49. The lowest BCUT2D eigenvalue weighted by Crippen LogP contribution is -2.27. The molecule has 0 heterocycles. The second kappa shape index (κ2) is 5.88. The van der Waals surface area contributed by atoms with Gasteiger partial charge in [-0.1, -0.05) is 59.7 Å². The first-order valence-corrected chi connectivity index (χ1v) is 6.59. The van der Waals surface area contributed by atoms with Gasteiger partial charge >= 0.3 is 0 Å². The molecule has 0 spiro atoms. The zero-order chi connectivity index (χ0) is 14.6. The van der Waals surface area contributed by atoms with Gasteiger partial charge in [0.25, 0.3) is 0 Å². The molecule has 0 aliphatic heterocycles. The van der Waals surface area contributed by atoms with E-state index >= 15 is 0 Å². The Hall–Kier alpha value is -2.13. The summed E-state index contributed by atoms with van der Waals surface area (Å²) < 4.78 is 0. The summed E-state index contributed by atoms with van der Waals surface area (Å²) >= 11 is 0. The fourth-order valence-electron chi connectivity index (χ4n) is 2.23. The second-order valence-corrected chi connectivity index (χ2v) is 5.09. The van der Waals surface area contributed by atoms with Gasteiger partial charge in [0.1, 0.15) is 5.60 Å². The van der Waals surface area contributed by atoms with Crippen molar-refractivity contribution >= 4 is 6.21 Å². The second-order valence-electron chi connectivity index (χ2n) is 5.09. The molecule has 2 N–H and O–H groups in total. The van der Waals surface area contributed by atoms with Crippen LogP contribution in [0.2, 0.25) is 0 Å². The molecule has 20 heavy (non-hydrogen) atoms. The standard InChI is InChI=1S/C17H19NO2/c1-13-3-7-15(8-4-13)17(19,11-12-18-20)16-9-5-14(2)6-10-16/h3-10,12,19-20H,11H2,1-2H3. The van der Waals surface area contributed by atoms with Gasteiger partial charge < -0.3 is 10.3 Å². The molecular weight excluding hydrogens is 250 g/mol. The summed E-state index contributed by atoms with van der Waals surface area (Å²) in [6.07, 6.45) is 1.54. The summed E-state index contributed by atoms with van der Waals surface area (Å²) in [6.45, 7) is 4.01. The Morgan fingerprint density at radius 2 is 1.30 bits per heavy atom. The van der Waals surface area contributed by atoms with E-state index < -0.39 is 5.60 Å². The first-order chi connectivity index (χ1) is 9.56. The fourth-order valence-corrected chi connectivity index (χ4v) is 2.23. The normalized spacial score (nSPS) is 11.9. The van der Waals surface area contributed by atoms with E-state index in [1.807, 2.05) is 62.4 Å². The number of aryl methyl sites for hydroxylation is 2. The van der Waals surface area contributed by atoms with Crippen LogP contribution in [0.4, 0.5) is 0 Å². The van der Waals surface area contributed by atoms with Crippen LogP contribution in [0.5, 0.6) is 0 Å². The average molecular weight is 269 g/mol. The molecule has 0 atom stereocenters. The van der Waals surface area contributed by atoms with E-state index in [2.05, 4.69) is 5.16 Å². The van der Waals surface area contributed by atoms with Crippen molar-refractivity contribution < 1.29 is 10.3 Å². The van der Waals surface area contributed by atoms with Crippen LogP contribution in [0.3, 0.4) is 0 Å². The molecule has 104 valence electrons. The monoisotopic (exact) mass is 269 g/mol. The van der Waals surface area contributed by atoms with E-state index in [4.69, 9.17) is 5.21 Å². The SMILES string of the molecule is Cc1ccc(C(O)(CC=NO)c2ccc(C)cc2)cc1. The Bertz CT molecular complexity index is 540. The lowest BCUT2D eigenvalue weighted by atomic mass is 9.83. The van der Waals surface area contributed by atoms with Gasteiger partial charge in [-0.3, -0.25) is 0 Å². The maximum atomic E-state index is 11.1. The molecule has 0 aliphatic rings. The summed E-state index contributed by atoms with van der Waals surface area (Å²) in [5.74, 6) is 0. The van der Waals surface area contributed by atoms with Gasteiger partial charge in [-0.25, -0.2) is 0 Å². The molecule has 2 rings (SSSR count). The van der Waals surface area contributed by atoms with Crippen LogP contribution in [0.1, 0.15) is 28.7 Å². The van der Waals surface area contributed by atoms with Crippen molar-refractivity contribution in [2.75, 3.05) is 0 Å². The zero-order valence-corrected chi connectivity index (χ0v) is 11.7. The smallest absolute Gasteiger partial charge is 0.120 e. The highest BCUT2D eigenvalue weighted by atomic mass is 16.4. The first-order valence-electron chi connectivity index (χ1n) is 6.59. The van der Waals surface area contributed by atoms with E-state index in [-0.39, 0.29) is 6.42 Å². The van der Waals surface area contributed by atoms with E-state index in [0.29, 0.717) is 0 Å². The highest BCUT2D eigenvalue weighted by Crippen LogP contribution is 2.32. The van der Waals surface area contributed by atoms with Gasteiger partial charge in [0, 0.05) is 12.6 Å². The van der Waals surface area contributed by atoms with Crippen molar-refractivity contribution in [2.45, 2.75) is 25.9 Å². The molecule has 0 saturated carbocycles. The van der Waals surface area contributed by atoms with Crippen LogP contribution < -0.4 is 0 Å². The minimum absolute atomic E-state index is 0.218. The first kappa shape index (κ1) is 14.3.